The van der Waals surface area contributed by atoms with Crippen LogP contribution >= 0.6 is 0 Å². The largest absolute Gasteiger partial charge is 0.490 e. The van der Waals surface area contributed by atoms with E-state index >= 15 is 0 Å². The van der Waals surface area contributed by atoms with Crippen molar-refractivity contribution in [2.45, 2.75) is 52.1 Å². The maximum Gasteiger partial charge on any atom is 0.156 e. The number of unbranched alkanes of at least 4 members (excludes halogenated alkanes) is 3. The molecule has 1 rings (SSSR count). The van der Waals surface area contributed by atoms with Gasteiger partial charge in [0.15, 0.2) is 6.29 Å². The minimum absolute atomic E-state index is 0.00218. The van der Waals surface area contributed by atoms with E-state index in [4.69, 9.17) is 4.74 Å². The van der Waals surface area contributed by atoms with E-state index in [0.717, 1.165) is 12.8 Å². The summed E-state index contributed by atoms with van der Waals surface area (Å²) in [5, 5.41) is 0. The van der Waals surface area contributed by atoms with Crippen molar-refractivity contribution in [3.05, 3.63) is 29.6 Å². The second-order valence-corrected chi connectivity index (χ2v) is 4.55. The van der Waals surface area contributed by atoms with Gasteiger partial charge in [0, 0.05) is 0 Å². The molecule has 0 aliphatic heterocycles. The molecule has 0 N–H and O–H groups in total. The summed E-state index contributed by atoms with van der Waals surface area (Å²) < 4.78 is 19.0. The molecule has 1 aromatic rings. The van der Waals surface area contributed by atoms with Crippen LogP contribution in [-0.4, -0.2) is 12.4 Å². The van der Waals surface area contributed by atoms with Gasteiger partial charge in [-0.1, -0.05) is 32.3 Å². The molecular formula is C15H21FO2. The van der Waals surface area contributed by atoms with Crippen LogP contribution in [0.4, 0.5) is 4.39 Å². The standard InChI is InChI=1S/C15H21FO2/c1-3-4-5-6-8-12(2)18-15-10-7-9-14(16)13(15)11-17/h7,9-12H,3-6,8H2,1-2H3. The second-order valence-electron chi connectivity index (χ2n) is 4.55. The van der Waals surface area contributed by atoms with Crippen LogP contribution in [0, 0.1) is 5.82 Å². The molecule has 0 spiro atoms. The zero-order chi connectivity index (χ0) is 13.4. The Hall–Kier alpha value is -1.38. The Morgan fingerprint density at radius 1 is 1.33 bits per heavy atom. The highest BCUT2D eigenvalue weighted by molar-refractivity contribution is 5.79. The summed E-state index contributed by atoms with van der Waals surface area (Å²) in [5.74, 6) is -0.186. The summed E-state index contributed by atoms with van der Waals surface area (Å²) >= 11 is 0. The van der Waals surface area contributed by atoms with E-state index < -0.39 is 5.82 Å². The van der Waals surface area contributed by atoms with Crippen LogP contribution in [0.3, 0.4) is 0 Å². The van der Waals surface area contributed by atoms with Gasteiger partial charge in [-0.25, -0.2) is 4.39 Å². The fraction of sp³-hybridized carbons (Fsp3) is 0.533. The molecule has 0 heterocycles. The molecule has 0 fully saturated rings. The predicted octanol–water partition coefficient (Wildman–Crippen LogP) is 4.38. The van der Waals surface area contributed by atoms with Crippen LogP contribution in [0.2, 0.25) is 0 Å². The average Bonchev–Trinajstić information content (AvgIpc) is 2.35. The summed E-state index contributed by atoms with van der Waals surface area (Å²) in [6, 6.07) is 4.46. The first-order valence-corrected chi connectivity index (χ1v) is 6.59. The molecule has 0 saturated carbocycles. The Bertz CT molecular complexity index is 377. The number of carbonyl (C=O) groups excluding carboxylic acids is 1. The monoisotopic (exact) mass is 252 g/mol. The van der Waals surface area contributed by atoms with E-state index in [1.54, 1.807) is 12.1 Å². The van der Waals surface area contributed by atoms with Gasteiger partial charge >= 0.3 is 0 Å². The van der Waals surface area contributed by atoms with Gasteiger partial charge < -0.3 is 4.74 Å². The van der Waals surface area contributed by atoms with Crippen molar-refractivity contribution in [1.82, 2.24) is 0 Å². The quantitative estimate of drug-likeness (QED) is 0.507. The fourth-order valence-corrected chi connectivity index (χ4v) is 1.87. The molecule has 0 aromatic heterocycles. The van der Waals surface area contributed by atoms with Gasteiger partial charge in [0.1, 0.15) is 11.6 Å². The minimum atomic E-state index is -0.527. The lowest BCUT2D eigenvalue weighted by Gasteiger charge is -2.16. The summed E-state index contributed by atoms with van der Waals surface area (Å²) in [6.07, 6.45) is 6.15. The van der Waals surface area contributed by atoms with E-state index in [2.05, 4.69) is 6.92 Å². The first kappa shape index (κ1) is 14.7. The molecule has 0 saturated heterocycles. The zero-order valence-corrected chi connectivity index (χ0v) is 11.1. The second kappa shape index (κ2) is 7.85. The maximum absolute atomic E-state index is 13.3. The highest BCUT2D eigenvalue weighted by atomic mass is 19.1. The Balaban J connectivity index is 2.51. The van der Waals surface area contributed by atoms with E-state index in [0.29, 0.717) is 12.0 Å². The number of halogens is 1. The van der Waals surface area contributed by atoms with Gasteiger partial charge in [-0.05, 0) is 31.9 Å². The van der Waals surface area contributed by atoms with Crippen LogP contribution in [0.25, 0.3) is 0 Å². The fourth-order valence-electron chi connectivity index (χ4n) is 1.87. The van der Waals surface area contributed by atoms with Crippen LogP contribution in [0.15, 0.2) is 18.2 Å². The van der Waals surface area contributed by atoms with Crippen molar-refractivity contribution in [2.75, 3.05) is 0 Å². The number of hydrogen-bond donors (Lipinski definition) is 0. The van der Waals surface area contributed by atoms with Gasteiger partial charge in [0.25, 0.3) is 0 Å². The average molecular weight is 252 g/mol. The molecule has 1 atom stereocenters. The summed E-state index contributed by atoms with van der Waals surface area (Å²) in [7, 11) is 0. The van der Waals surface area contributed by atoms with Crippen molar-refractivity contribution < 1.29 is 13.9 Å². The molecule has 18 heavy (non-hydrogen) atoms. The van der Waals surface area contributed by atoms with Crippen molar-refractivity contribution in [3.63, 3.8) is 0 Å². The molecule has 0 aliphatic carbocycles. The number of ether oxygens (including phenoxy) is 1. The molecular weight excluding hydrogens is 231 g/mol. The Labute approximate surface area is 108 Å². The molecule has 0 amide bonds. The molecule has 0 aliphatic rings. The van der Waals surface area contributed by atoms with Crippen LogP contribution < -0.4 is 4.74 Å². The molecule has 0 bridgehead atoms. The third kappa shape index (κ3) is 4.47. The normalized spacial score (nSPS) is 12.2. The summed E-state index contributed by atoms with van der Waals surface area (Å²) in [5.41, 5.74) is 0.0120. The van der Waals surface area contributed by atoms with Crippen molar-refractivity contribution in [3.8, 4) is 5.75 Å². The summed E-state index contributed by atoms with van der Waals surface area (Å²) in [4.78, 5) is 10.8. The third-order valence-corrected chi connectivity index (χ3v) is 2.92. The molecule has 1 unspecified atom stereocenters. The lowest BCUT2D eigenvalue weighted by atomic mass is 10.1. The topological polar surface area (TPSA) is 26.3 Å². The van der Waals surface area contributed by atoms with Crippen LogP contribution in [0.1, 0.15) is 56.3 Å². The Kier molecular flexibility index (Phi) is 6.40. The zero-order valence-electron chi connectivity index (χ0n) is 11.1. The van der Waals surface area contributed by atoms with E-state index in [-0.39, 0.29) is 11.7 Å². The van der Waals surface area contributed by atoms with Gasteiger partial charge in [0.2, 0.25) is 0 Å². The van der Waals surface area contributed by atoms with Crippen LogP contribution in [0.5, 0.6) is 5.75 Å². The number of rotatable bonds is 8. The smallest absolute Gasteiger partial charge is 0.156 e. The van der Waals surface area contributed by atoms with Crippen molar-refractivity contribution in [1.29, 1.82) is 0 Å². The lowest BCUT2D eigenvalue weighted by Crippen LogP contribution is -2.13. The first-order valence-electron chi connectivity index (χ1n) is 6.59. The van der Waals surface area contributed by atoms with E-state index in [1.165, 1.54) is 25.3 Å². The molecule has 1 aromatic carbocycles. The molecule has 100 valence electrons. The number of aldehydes is 1. The highest BCUT2D eigenvalue weighted by Crippen LogP contribution is 2.22. The Morgan fingerprint density at radius 3 is 2.78 bits per heavy atom. The summed E-state index contributed by atoms with van der Waals surface area (Å²) in [6.45, 7) is 4.12. The van der Waals surface area contributed by atoms with E-state index in [1.807, 2.05) is 6.92 Å². The van der Waals surface area contributed by atoms with Crippen molar-refractivity contribution >= 4 is 6.29 Å². The van der Waals surface area contributed by atoms with Gasteiger partial charge in [0.05, 0.1) is 11.7 Å². The molecule has 2 nitrogen and oxygen atoms in total. The van der Waals surface area contributed by atoms with Gasteiger partial charge in [-0.15, -0.1) is 0 Å². The molecule has 3 heteroatoms. The predicted molar refractivity (Wildman–Crippen MR) is 70.6 cm³/mol. The Morgan fingerprint density at radius 2 is 2.11 bits per heavy atom. The van der Waals surface area contributed by atoms with Crippen LogP contribution in [-0.2, 0) is 0 Å². The number of hydrogen-bond acceptors (Lipinski definition) is 2. The first-order chi connectivity index (χ1) is 8.69. The lowest BCUT2D eigenvalue weighted by molar-refractivity contribution is 0.111. The highest BCUT2D eigenvalue weighted by Gasteiger charge is 2.11. The maximum atomic E-state index is 13.3. The minimum Gasteiger partial charge on any atom is -0.490 e. The van der Waals surface area contributed by atoms with Gasteiger partial charge in [-0.2, -0.15) is 0 Å². The SMILES string of the molecule is CCCCCCC(C)Oc1cccc(F)c1C=O. The third-order valence-electron chi connectivity index (χ3n) is 2.92. The molecule has 0 radical (unpaired) electrons. The van der Waals surface area contributed by atoms with Gasteiger partial charge in [-0.3, -0.25) is 4.79 Å². The van der Waals surface area contributed by atoms with Crippen molar-refractivity contribution in [2.24, 2.45) is 0 Å². The van der Waals surface area contributed by atoms with E-state index in [9.17, 15) is 9.18 Å². The number of carbonyl (C=O) groups is 1. The number of benzene rings is 1.